The van der Waals surface area contributed by atoms with Crippen molar-refractivity contribution in [3.63, 3.8) is 0 Å². The van der Waals surface area contributed by atoms with Gasteiger partial charge in [-0.3, -0.25) is 13.9 Å². The largest absolute Gasteiger partial charge is 0.495 e. The summed E-state index contributed by atoms with van der Waals surface area (Å²) in [6.07, 6.45) is 0.709. The fourth-order valence-corrected chi connectivity index (χ4v) is 5.87. The average molecular weight is 627 g/mol. The van der Waals surface area contributed by atoms with Crippen LogP contribution in [-0.4, -0.2) is 51.4 Å². The van der Waals surface area contributed by atoms with Crippen LogP contribution in [0.1, 0.15) is 25.8 Å². The summed E-state index contributed by atoms with van der Waals surface area (Å²) in [5.41, 5.74) is 0.767. The zero-order valence-electron chi connectivity index (χ0n) is 22.2. The van der Waals surface area contributed by atoms with Crippen molar-refractivity contribution in [3.05, 3.63) is 87.4 Å². The Kier molecular flexibility index (Phi) is 11.1. The van der Waals surface area contributed by atoms with Crippen molar-refractivity contribution < 1.29 is 22.7 Å². The molecule has 0 spiro atoms. The summed E-state index contributed by atoms with van der Waals surface area (Å²) < 4.78 is 33.8. The van der Waals surface area contributed by atoms with Gasteiger partial charge in [0.15, 0.2) is 0 Å². The Morgan fingerprint density at radius 3 is 2.25 bits per heavy atom. The Balaban J connectivity index is 2.05. The molecule has 3 rings (SSSR count). The van der Waals surface area contributed by atoms with E-state index in [1.54, 1.807) is 43.3 Å². The lowest BCUT2D eigenvalue weighted by Crippen LogP contribution is -2.51. The van der Waals surface area contributed by atoms with Gasteiger partial charge in [0.1, 0.15) is 18.3 Å². The first-order chi connectivity index (χ1) is 19.0. The minimum atomic E-state index is -4.22. The van der Waals surface area contributed by atoms with Crippen LogP contribution in [-0.2, 0) is 26.2 Å². The van der Waals surface area contributed by atoms with E-state index >= 15 is 0 Å². The second kappa shape index (κ2) is 14.1. The number of hydrogen-bond acceptors (Lipinski definition) is 5. The number of rotatable bonds is 12. The number of halogens is 3. The molecule has 8 nitrogen and oxygen atoms in total. The molecule has 214 valence electrons. The lowest BCUT2D eigenvalue weighted by atomic mass is 10.1. The second-order valence-corrected chi connectivity index (χ2v) is 12.0. The van der Waals surface area contributed by atoms with Gasteiger partial charge in [0.25, 0.3) is 10.0 Å². The SMILES string of the molecule is CCCNC(=O)C(C)N(Cc1ccc(Cl)c(Cl)c1)C(=O)CN(c1ccc(OC)c(Cl)c1)S(=O)(=O)c1ccccc1. The van der Waals surface area contributed by atoms with Crippen molar-refractivity contribution in [2.45, 2.75) is 37.8 Å². The first-order valence-corrected chi connectivity index (χ1v) is 15.0. The quantitative estimate of drug-likeness (QED) is 0.274. The van der Waals surface area contributed by atoms with Crippen LogP contribution in [0, 0.1) is 0 Å². The summed E-state index contributed by atoms with van der Waals surface area (Å²) in [5.74, 6) is -0.645. The molecule has 3 aromatic rings. The van der Waals surface area contributed by atoms with Crippen LogP contribution in [0.25, 0.3) is 0 Å². The maximum atomic E-state index is 13.9. The number of benzene rings is 3. The molecule has 0 fully saturated rings. The van der Waals surface area contributed by atoms with Crippen LogP contribution in [0.2, 0.25) is 15.1 Å². The fourth-order valence-electron chi connectivity index (χ4n) is 3.87. The van der Waals surface area contributed by atoms with E-state index in [0.29, 0.717) is 29.3 Å². The van der Waals surface area contributed by atoms with Crippen molar-refractivity contribution in [2.75, 3.05) is 24.5 Å². The van der Waals surface area contributed by atoms with E-state index < -0.39 is 28.5 Å². The number of ether oxygens (including phenoxy) is 1. The number of carbonyl (C=O) groups excluding carboxylic acids is 2. The number of anilines is 1. The second-order valence-electron chi connectivity index (χ2n) is 8.88. The van der Waals surface area contributed by atoms with Crippen LogP contribution in [0.3, 0.4) is 0 Å². The summed E-state index contributed by atoms with van der Waals surface area (Å²) in [4.78, 5) is 28.1. The smallest absolute Gasteiger partial charge is 0.264 e. The maximum absolute atomic E-state index is 13.9. The maximum Gasteiger partial charge on any atom is 0.264 e. The Labute approximate surface area is 249 Å². The third-order valence-corrected chi connectivity index (χ3v) is 8.91. The predicted octanol–water partition coefficient (Wildman–Crippen LogP) is 5.79. The van der Waals surface area contributed by atoms with Crippen molar-refractivity contribution in [3.8, 4) is 5.75 Å². The lowest BCUT2D eigenvalue weighted by molar-refractivity contribution is -0.139. The molecule has 0 radical (unpaired) electrons. The highest BCUT2D eigenvalue weighted by atomic mass is 35.5. The Morgan fingerprint density at radius 2 is 1.65 bits per heavy atom. The van der Waals surface area contributed by atoms with Gasteiger partial charge >= 0.3 is 0 Å². The molecular weight excluding hydrogens is 597 g/mol. The van der Waals surface area contributed by atoms with E-state index in [-0.39, 0.29) is 33.1 Å². The van der Waals surface area contributed by atoms with Crippen LogP contribution < -0.4 is 14.4 Å². The Bertz CT molecular complexity index is 1450. The summed E-state index contributed by atoms with van der Waals surface area (Å²) >= 11 is 18.6. The van der Waals surface area contributed by atoms with E-state index in [4.69, 9.17) is 39.5 Å². The summed E-state index contributed by atoms with van der Waals surface area (Å²) in [6.45, 7) is 3.30. The number of carbonyl (C=O) groups is 2. The number of nitrogens with one attached hydrogen (secondary N) is 1. The standard InChI is InChI=1S/C28H30Cl3N3O5S/c1-4-14-32-28(36)19(2)33(17-20-10-12-23(29)24(30)15-20)27(35)18-34(21-11-13-26(39-3)25(31)16-21)40(37,38)22-8-6-5-7-9-22/h5-13,15-16,19H,4,14,17-18H2,1-3H3,(H,32,36). The van der Waals surface area contributed by atoms with Crippen molar-refractivity contribution in [2.24, 2.45) is 0 Å². The summed E-state index contributed by atoms with van der Waals surface area (Å²) in [6, 6.07) is 16.1. The Hall–Kier alpha value is -2.98. The highest BCUT2D eigenvalue weighted by Gasteiger charge is 2.32. The summed E-state index contributed by atoms with van der Waals surface area (Å²) in [5, 5.41) is 3.59. The number of nitrogens with zero attached hydrogens (tertiary/aromatic N) is 2. The van der Waals surface area contributed by atoms with Gasteiger partial charge in [0, 0.05) is 13.1 Å². The number of amides is 2. The highest BCUT2D eigenvalue weighted by Crippen LogP contribution is 2.32. The van der Waals surface area contributed by atoms with E-state index in [2.05, 4.69) is 5.32 Å². The molecule has 0 aliphatic carbocycles. The van der Waals surface area contributed by atoms with Crippen LogP contribution in [0.15, 0.2) is 71.6 Å². The van der Waals surface area contributed by atoms with Gasteiger partial charge in [-0.1, -0.05) is 66.0 Å². The minimum absolute atomic E-state index is 0.0143. The third-order valence-electron chi connectivity index (χ3n) is 6.09. The number of methoxy groups -OCH3 is 1. The van der Waals surface area contributed by atoms with E-state index in [9.17, 15) is 18.0 Å². The van der Waals surface area contributed by atoms with Crippen molar-refractivity contribution in [1.29, 1.82) is 0 Å². The molecule has 2 amide bonds. The molecule has 1 atom stereocenters. The zero-order valence-corrected chi connectivity index (χ0v) is 25.3. The molecule has 0 aliphatic rings. The molecule has 0 aliphatic heterocycles. The predicted molar refractivity (Wildman–Crippen MR) is 159 cm³/mol. The molecule has 0 saturated carbocycles. The van der Waals surface area contributed by atoms with E-state index in [1.165, 1.54) is 42.3 Å². The topological polar surface area (TPSA) is 96.0 Å². The molecule has 0 heterocycles. The fraction of sp³-hybridized carbons (Fsp3) is 0.286. The normalized spacial score (nSPS) is 11.9. The minimum Gasteiger partial charge on any atom is -0.495 e. The van der Waals surface area contributed by atoms with Gasteiger partial charge in [-0.2, -0.15) is 0 Å². The van der Waals surface area contributed by atoms with Gasteiger partial charge in [0.2, 0.25) is 11.8 Å². The molecule has 0 saturated heterocycles. The Morgan fingerprint density at radius 1 is 0.950 bits per heavy atom. The molecule has 0 aromatic heterocycles. The number of hydrogen-bond donors (Lipinski definition) is 1. The molecule has 1 unspecified atom stereocenters. The van der Waals surface area contributed by atoms with Crippen molar-refractivity contribution >= 4 is 62.3 Å². The highest BCUT2D eigenvalue weighted by molar-refractivity contribution is 7.92. The average Bonchev–Trinajstić information content (AvgIpc) is 2.95. The van der Waals surface area contributed by atoms with Gasteiger partial charge < -0.3 is 15.0 Å². The molecule has 40 heavy (non-hydrogen) atoms. The van der Waals surface area contributed by atoms with Crippen molar-refractivity contribution in [1.82, 2.24) is 10.2 Å². The van der Waals surface area contributed by atoms with Crippen LogP contribution in [0.4, 0.5) is 5.69 Å². The molecular formula is C28H30Cl3N3O5S. The molecule has 0 bridgehead atoms. The van der Waals surface area contributed by atoms with Gasteiger partial charge in [-0.05, 0) is 61.4 Å². The summed E-state index contributed by atoms with van der Waals surface area (Å²) in [7, 11) is -2.78. The lowest BCUT2D eigenvalue weighted by Gasteiger charge is -2.32. The van der Waals surface area contributed by atoms with Crippen LogP contribution >= 0.6 is 34.8 Å². The monoisotopic (exact) mass is 625 g/mol. The first kappa shape index (κ1) is 31.5. The van der Waals surface area contributed by atoms with E-state index in [1.807, 2.05) is 6.92 Å². The van der Waals surface area contributed by atoms with Gasteiger partial charge in [-0.25, -0.2) is 8.42 Å². The van der Waals surface area contributed by atoms with Crippen LogP contribution in [0.5, 0.6) is 5.75 Å². The van der Waals surface area contributed by atoms with Gasteiger partial charge in [-0.15, -0.1) is 0 Å². The third kappa shape index (κ3) is 7.60. The zero-order chi connectivity index (χ0) is 29.4. The molecule has 12 heteroatoms. The van der Waals surface area contributed by atoms with Gasteiger partial charge in [0.05, 0.1) is 32.8 Å². The molecule has 1 N–H and O–H groups in total. The molecule has 3 aromatic carbocycles. The number of sulfonamides is 1. The first-order valence-electron chi connectivity index (χ1n) is 12.4. The van der Waals surface area contributed by atoms with E-state index in [0.717, 1.165) is 4.31 Å².